The molecule has 0 radical (unpaired) electrons. The van der Waals surface area contributed by atoms with E-state index >= 15 is 0 Å². The van der Waals surface area contributed by atoms with Crippen molar-refractivity contribution in [3.63, 3.8) is 0 Å². The van der Waals surface area contributed by atoms with Crippen LogP contribution in [0.5, 0.6) is 0 Å². The second kappa shape index (κ2) is 4.39. The molecule has 1 saturated heterocycles. The summed E-state index contributed by atoms with van der Waals surface area (Å²) in [7, 11) is 0. The van der Waals surface area contributed by atoms with Crippen LogP contribution in [0, 0.1) is 11.5 Å². The number of fused-ring (bicyclic) bond motifs is 3. The topological polar surface area (TPSA) is 65.7 Å². The molecular weight excluding hydrogens is 242 g/mol. The monoisotopic (exact) mass is 255 g/mol. The van der Waals surface area contributed by atoms with E-state index < -0.39 is 0 Å². The molecule has 96 valence electrons. The fourth-order valence-electron chi connectivity index (χ4n) is 2.82. The number of nitrogens with zero attached hydrogens (tertiary/aromatic N) is 3. The Balaban J connectivity index is 2.06. The summed E-state index contributed by atoms with van der Waals surface area (Å²) in [6.07, 6.45) is 2.69. The molecule has 2 atom stereocenters. The largest absolute Gasteiger partial charge is 0.458 e. The van der Waals surface area contributed by atoms with Gasteiger partial charge in [-0.25, -0.2) is 0 Å². The number of ether oxygens (including phenoxy) is 1. The SMILES string of the molecule is CCC(=O)N1C(=NC#N)O[C@@H]2Cc3ccccc3[C@@H]21. The summed E-state index contributed by atoms with van der Waals surface area (Å²) in [5, 5.41) is 8.70. The Morgan fingerprint density at radius 3 is 3.11 bits per heavy atom. The van der Waals surface area contributed by atoms with Crippen LogP contribution in [0.2, 0.25) is 0 Å². The van der Waals surface area contributed by atoms with Crippen LogP contribution in [0.25, 0.3) is 0 Å². The van der Waals surface area contributed by atoms with Gasteiger partial charge < -0.3 is 4.74 Å². The number of aliphatic imine (C=N–C) groups is 1. The Labute approximate surface area is 111 Å². The van der Waals surface area contributed by atoms with Gasteiger partial charge in [-0.1, -0.05) is 31.2 Å². The highest BCUT2D eigenvalue weighted by Gasteiger charge is 2.48. The van der Waals surface area contributed by atoms with E-state index in [1.54, 1.807) is 13.1 Å². The molecule has 2 aliphatic rings. The predicted octanol–water partition coefficient (Wildman–Crippen LogP) is 1.76. The standard InChI is InChI=1S/C14H13N3O2/c1-2-12(18)17-13-10-6-4-3-5-9(10)7-11(13)19-14(17)16-8-15/h3-6,11,13H,2,7H2,1H3/t11-,13+/m1/s1. The van der Waals surface area contributed by atoms with Gasteiger partial charge in [0.2, 0.25) is 12.1 Å². The third-order valence-electron chi connectivity index (χ3n) is 3.60. The molecule has 19 heavy (non-hydrogen) atoms. The Morgan fingerprint density at radius 2 is 2.37 bits per heavy atom. The van der Waals surface area contributed by atoms with Gasteiger partial charge in [0.1, 0.15) is 12.1 Å². The maximum atomic E-state index is 12.1. The number of amides is 1. The minimum absolute atomic E-state index is 0.0711. The molecule has 0 bridgehead atoms. The van der Waals surface area contributed by atoms with Gasteiger partial charge in [0.05, 0.1) is 0 Å². The molecule has 1 heterocycles. The number of hydrogen-bond acceptors (Lipinski definition) is 4. The molecule has 1 aliphatic carbocycles. The quantitative estimate of drug-likeness (QED) is 0.718. The van der Waals surface area contributed by atoms with Crippen LogP contribution in [0.3, 0.4) is 0 Å². The van der Waals surface area contributed by atoms with Gasteiger partial charge in [0, 0.05) is 12.8 Å². The predicted molar refractivity (Wildman–Crippen MR) is 67.9 cm³/mol. The number of carbonyl (C=O) groups is 1. The highest BCUT2D eigenvalue weighted by Crippen LogP contribution is 2.42. The Hall–Kier alpha value is -2.35. The van der Waals surface area contributed by atoms with Crippen LogP contribution < -0.4 is 0 Å². The lowest BCUT2D eigenvalue weighted by atomic mass is 10.1. The second-order valence-electron chi connectivity index (χ2n) is 4.62. The minimum atomic E-state index is -0.143. The molecule has 5 heteroatoms. The summed E-state index contributed by atoms with van der Waals surface area (Å²) in [5.74, 6) is -0.0711. The normalized spacial score (nSPS) is 25.7. The van der Waals surface area contributed by atoms with E-state index in [1.807, 2.05) is 24.3 Å². The molecule has 0 unspecified atom stereocenters. The Kier molecular flexibility index (Phi) is 2.71. The van der Waals surface area contributed by atoms with E-state index in [-0.39, 0.29) is 24.1 Å². The summed E-state index contributed by atoms with van der Waals surface area (Å²) in [5.41, 5.74) is 2.29. The molecule has 1 fully saturated rings. The van der Waals surface area contributed by atoms with Crippen LogP contribution >= 0.6 is 0 Å². The molecule has 0 aromatic heterocycles. The fraction of sp³-hybridized carbons (Fsp3) is 0.357. The van der Waals surface area contributed by atoms with Crippen LogP contribution in [0.4, 0.5) is 0 Å². The maximum absolute atomic E-state index is 12.1. The average Bonchev–Trinajstić information content (AvgIpc) is 2.93. The fourth-order valence-corrected chi connectivity index (χ4v) is 2.82. The van der Waals surface area contributed by atoms with E-state index in [4.69, 9.17) is 10.00 Å². The third-order valence-corrected chi connectivity index (χ3v) is 3.60. The lowest BCUT2D eigenvalue weighted by Crippen LogP contribution is -2.34. The van der Waals surface area contributed by atoms with Gasteiger partial charge in [-0.2, -0.15) is 5.26 Å². The van der Waals surface area contributed by atoms with Crippen molar-refractivity contribution >= 4 is 11.9 Å². The Bertz CT molecular complexity index is 603. The third kappa shape index (κ3) is 1.68. The molecule has 0 spiro atoms. The molecule has 5 nitrogen and oxygen atoms in total. The first-order valence-corrected chi connectivity index (χ1v) is 6.29. The van der Waals surface area contributed by atoms with Gasteiger partial charge in [0.25, 0.3) is 0 Å². The lowest BCUT2D eigenvalue weighted by Gasteiger charge is -2.20. The number of amidine groups is 1. The maximum Gasteiger partial charge on any atom is 0.310 e. The minimum Gasteiger partial charge on any atom is -0.458 e. The van der Waals surface area contributed by atoms with Gasteiger partial charge in [-0.3, -0.25) is 9.69 Å². The van der Waals surface area contributed by atoms with Gasteiger partial charge in [-0.05, 0) is 11.1 Å². The molecule has 0 N–H and O–H groups in total. The summed E-state index contributed by atoms with van der Waals surface area (Å²) < 4.78 is 5.68. The number of nitriles is 1. The van der Waals surface area contributed by atoms with Crippen molar-refractivity contribution in [2.75, 3.05) is 0 Å². The molecule has 1 aromatic rings. The van der Waals surface area contributed by atoms with Crippen molar-refractivity contribution in [2.24, 2.45) is 4.99 Å². The van der Waals surface area contributed by atoms with Crippen molar-refractivity contribution in [1.82, 2.24) is 4.90 Å². The van der Waals surface area contributed by atoms with E-state index in [1.165, 1.54) is 10.5 Å². The average molecular weight is 255 g/mol. The van der Waals surface area contributed by atoms with E-state index in [2.05, 4.69) is 4.99 Å². The molecule has 1 amide bonds. The first-order chi connectivity index (χ1) is 9.26. The van der Waals surface area contributed by atoms with Gasteiger partial charge in [-0.15, -0.1) is 4.99 Å². The highest BCUT2D eigenvalue weighted by molar-refractivity contribution is 5.96. The molecule has 0 saturated carbocycles. The van der Waals surface area contributed by atoms with Crippen LogP contribution in [-0.4, -0.2) is 22.9 Å². The number of benzene rings is 1. The summed E-state index contributed by atoms with van der Waals surface area (Å²) in [4.78, 5) is 17.3. The zero-order chi connectivity index (χ0) is 13.4. The number of rotatable bonds is 1. The van der Waals surface area contributed by atoms with Gasteiger partial charge in [0.15, 0.2) is 0 Å². The first kappa shape index (κ1) is 11.7. The summed E-state index contributed by atoms with van der Waals surface area (Å²) >= 11 is 0. The number of carbonyl (C=O) groups excluding carboxylic acids is 1. The van der Waals surface area contributed by atoms with Gasteiger partial charge >= 0.3 is 6.02 Å². The Morgan fingerprint density at radius 1 is 1.58 bits per heavy atom. The van der Waals surface area contributed by atoms with E-state index in [0.717, 1.165) is 12.0 Å². The highest BCUT2D eigenvalue weighted by atomic mass is 16.5. The molecule has 3 rings (SSSR count). The van der Waals surface area contributed by atoms with Crippen molar-refractivity contribution in [3.05, 3.63) is 35.4 Å². The van der Waals surface area contributed by atoms with Crippen molar-refractivity contribution in [3.8, 4) is 6.19 Å². The van der Waals surface area contributed by atoms with E-state index in [0.29, 0.717) is 6.42 Å². The van der Waals surface area contributed by atoms with Crippen molar-refractivity contribution < 1.29 is 9.53 Å². The van der Waals surface area contributed by atoms with Crippen molar-refractivity contribution in [2.45, 2.75) is 31.9 Å². The second-order valence-corrected chi connectivity index (χ2v) is 4.62. The first-order valence-electron chi connectivity index (χ1n) is 6.29. The van der Waals surface area contributed by atoms with E-state index in [9.17, 15) is 4.79 Å². The summed E-state index contributed by atoms with van der Waals surface area (Å²) in [6, 6.07) is 7.99. The lowest BCUT2D eigenvalue weighted by molar-refractivity contribution is -0.128. The molecule has 1 aromatic carbocycles. The van der Waals surface area contributed by atoms with Crippen molar-refractivity contribution in [1.29, 1.82) is 5.26 Å². The molecular formula is C14H13N3O2. The van der Waals surface area contributed by atoms with Crippen LogP contribution in [-0.2, 0) is 16.0 Å². The number of hydrogen-bond donors (Lipinski definition) is 0. The zero-order valence-electron chi connectivity index (χ0n) is 10.5. The van der Waals surface area contributed by atoms with Crippen LogP contribution in [0.1, 0.15) is 30.5 Å². The molecule has 1 aliphatic heterocycles. The van der Waals surface area contributed by atoms with Crippen LogP contribution in [0.15, 0.2) is 29.3 Å². The summed E-state index contributed by atoms with van der Waals surface area (Å²) in [6.45, 7) is 1.79. The zero-order valence-corrected chi connectivity index (χ0v) is 10.5. The smallest absolute Gasteiger partial charge is 0.310 e.